The van der Waals surface area contributed by atoms with Gasteiger partial charge in [-0.15, -0.1) is 0 Å². The van der Waals surface area contributed by atoms with Gasteiger partial charge >= 0.3 is 0 Å². The lowest BCUT2D eigenvalue weighted by molar-refractivity contribution is -0.125. The second kappa shape index (κ2) is 7.67. The molecule has 1 aromatic carbocycles. The molecule has 0 atom stereocenters. The van der Waals surface area contributed by atoms with E-state index in [-0.39, 0.29) is 17.9 Å². The van der Waals surface area contributed by atoms with E-state index in [2.05, 4.69) is 31.5 Å². The smallest absolute Gasteiger partial charge is 0.227 e. The number of H-pyrrole nitrogens is 1. The fourth-order valence-electron chi connectivity index (χ4n) is 3.91. The molecule has 9 heteroatoms. The summed E-state index contributed by atoms with van der Waals surface area (Å²) in [6.07, 6.45) is 8.62. The van der Waals surface area contributed by atoms with Gasteiger partial charge < -0.3 is 11.1 Å². The second-order valence-electron chi connectivity index (χ2n) is 7.85. The maximum Gasteiger partial charge on any atom is 0.227 e. The number of aryl methyl sites for hydroxylation is 1. The van der Waals surface area contributed by atoms with Gasteiger partial charge in [-0.2, -0.15) is 10.2 Å². The van der Waals surface area contributed by atoms with Gasteiger partial charge in [-0.3, -0.25) is 14.6 Å². The number of nitrogens with zero attached hydrogens (tertiary/aromatic N) is 5. The largest absolute Gasteiger partial charge is 0.369 e. The molecule has 0 saturated heterocycles. The molecule has 5 rings (SSSR count). The lowest BCUT2D eigenvalue weighted by Crippen LogP contribution is -2.36. The van der Waals surface area contributed by atoms with Gasteiger partial charge in [0.1, 0.15) is 5.69 Å². The summed E-state index contributed by atoms with van der Waals surface area (Å²) in [4.78, 5) is 19.7. The third-order valence-electron chi connectivity index (χ3n) is 5.60. The Morgan fingerprint density at radius 2 is 2.03 bits per heavy atom. The molecule has 0 bridgehead atoms. The molecule has 9 nitrogen and oxygen atoms in total. The molecular weight excluding hydrogens is 392 g/mol. The maximum absolute atomic E-state index is 11.3. The number of rotatable bonds is 6. The average Bonchev–Trinajstić information content (AvgIpc) is 3.36. The van der Waals surface area contributed by atoms with E-state index in [1.165, 1.54) is 0 Å². The Morgan fingerprint density at radius 1 is 1.23 bits per heavy atom. The molecule has 1 saturated carbocycles. The first-order valence-corrected chi connectivity index (χ1v) is 10.1. The summed E-state index contributed by atoms with van der Waals surface area (Å²) in [6, 6.07) is 10.1. The van der Waals surface area contributed by atoms with E-state index in [0.717, 1.165) is 46.6 Å². The van der Waals surface area contributed by atoms with Crippen LogP contribution in [0.1, 0.15) is 24.4 Å². The quantitative estimate of drug-likeness (QED) is 0.444. The molecule has 31 heavy (non-hydrogen) atoms. The van der Waals surface area contributed by atoms with Crippen LogP contribution < -0.4 is 11.1 Å². The number of primary amides is 1. The number of carbonyl (C=O) groups is 1. The molecule has 0 spiro atoms. The van der Waals surface area contributed by atoms with Crippen LogP contribution in [0.15, 0.2) is 55.1 Å². The Morgan fingerprint density at radius 3 is 2.81 bits per heavy atom. The third-order valence-corrected chi connectivity index (χ3v) is 5.60. The predicted octanol–water partition coefficient (Wildman–Crippen LogP) is 3.22. The number of aromatic amines is 1. The molecule has 3 heterocycles. The van der Waals surface area contributed by atoms with E-state index in [9.17, 15) is 4.79 Å². The summed E-state index contributed by atoms with van der Waals surface area (Å²) in [6.45, 7) is 2.04. The highest BCUT2D eigenvalue weighted by Crippen LogP contribution is 2.38. The molecule has 0 unspecified atom stereocenters. The normalized spacial score (nSPS) is 17.8. The lowest BCUT2D eigenvalue weighted by Gasteiger charge is -2.33. The topological polar surface area (TPSA) is 127 Å². The van der Waals surface area contributed by atoms with Crippen LogP contribution in [0.25, 0.3) is 22.5 Å². The van der Waals surface area contributed by atoms with Gasteiger partial charge in [-0.25, -0.2) is 9.97 Å². The summed E-state index contributed by atoms with van der Waals surface area (Å²) < 4.78 is 1.91. The van der Waals surface area contributed by atoms with Crippen LogP contribution >= 0.6 is 0 Å². The first kappa shape index (κ1) is 19.0. The Labute approximate surface area is 178 Å². The first-order valence-electron chi connectivity index (χ1n) is 10.1. The number of nitrogens with two attached hydrogens (primary N) is 1. The number of hydrogen-bond acceptors (Lipinski definition) is 6. The van der Waals surface area contributed by atoms with E-state index < -0.39 is 0 Å². The van der Waals surface area contributed by atoms with E-state index in [1.54, 1.807) is 24.7 Å². The van der Waals surface area contributed by atoms with Crippen molar-refractivity contribution in [3.05, 3.63) is 60.7 Å². The van der Waals surface area contributed by atoms with Gasteiger partial charge in [0.25, 0.3) is 0 Å². The zero-order valence-electron chi connectivity index (χ0n) is 17.0. The van der Waals surface area contributed by atoms with Crippen molar-refractivity contribution in [3.8, 4) is 22.5 Å². The molecule has 1 aliphatic rings. The molecule has 4 N–H and O–H groups in total. The third kappa shape index (κ3) is 3.77. The van der Waals surface area contributed by atoms with Crippen molar-refractivity contribution in [3.63, 3.8) is 0 Å². The lowest BCUT2D eigenvalue weighted by atomic mass is 9.80. The first-order chi connectivity index (χ1) is 15.1. The molecule has 0 aliphatic heterocycles. The fourth-order valence-corrected chi connectivity index (χ4v) is 3.91. The molecule has 1 fully saturated rings. The summed E-state index contributed by atoms with van der Waals surface area (Å²) in [5, 5.41) is 15.3. The summed E-state index contributed by atoms with van der Waals surface area (Å²) >= 11 is 0. The number of anilines is 2. The van der Waals surface area contributed by atoms with Crippen molar-refractivity contribution in [2.24, 2.45) is 11.7 Å². The Hall–Kier alpha value is -4.01. The van der Waals surface area contributed by atoms with Crippen LogP contribution in [0.5, 0.6) is 0 Å². The van der Waals surface area contributed by atoms with Gasteiger partial charge in [-0.05, 0) is 55.2 Å². The number of benzene rings is 1. The number of nitrogens with one attached hydrogen (secondary N) is 2. The Balaban J connectivity index is 1.41. The van der Waals surface area contributed by atoms with Crippen molar-refractivity contribution >= 4 is 17.5 Å². The second-order valence-corrected chi connectivity index (χ2v) is 7.85. The molecule has 3 aromatic heterocycles. The zero-order chi connectivity index (χ0) is 21.4. The van der Waals surface area contributed by atoms with Crippen LogP contribution in [0.3, 0.4) is 0 Å². The Bertz CT molecular complexity index is 1220. The van der Waals surface area contributed by atoms with Gasteiger partial charge in [0.2, 0.25) is 11.9 Å². The molecule has 0 radical (unpaired) electrons. The minimum atomic E-state index is -0.232. The summed E-state index contributed by atoms with van der Waals surface area (Å²) in [7, 11) is 0. The van der Waals surface area contributed by atoms with Crippen LogP contribution in [0, 0.1) is 12.8 Å². The SMILES string of the molecule is Cc1cc(Nc2ncccn2)cc(-c2cn[nH]c2-c2ccn(C3CC(C(N)=O)C3)n2)c1. The van der Waals surface area contributed by atoms with Gasteiger partial charge in [-0.1, -0.05) is 6.07 Å². The van der Waals surface area contributed by atoms with Crippen molar-refractivity contribution in [2.45, 2.75) is 25.8 Å². The van der Waals surface area contributed by atoms with Crippen LogP contribution in [0.2, 0.25) is 0 Å². The number of aromatic nitrogens is 6. The molecular formula is C22H22N8O. The highest BCUT2D eigenvalue weighted by molar-refractivity contribution is 5.81. The Kier molecular flexibility index (Phi) is 4.70. The van der Waals surface area contributed by atoms with Crippen LogP contribution in [0.4, 0.5) is 11.6 Å². The molecule has 4 aromatic rings. The average molecular weight is 414 g/mol. The van der Waals surface area contributed by atoms with E-state index >= 15 is 0 Å². The number of carbonyl (C=O) groups excluding carboxylic acids is 1. The monoisotopic (exact) mass is 414 g/mol. The predicted molar refractivity (Wildman–Crippen MR) is 116 cm³/mol. The van der Waals surface area contributed by atoms with Gasteiger partial charge in [0.15, 0.2) is 0 Å². The summed E-state index contributed by atoms with van der Waals surface area (Å²) in [5.41, 5.74) is 11.0. The standard InChI is InChI=1S/C22H22N8O/c1-13-7-14(9-16(8-13)27-22-24-4-2-5-25-22)18-12-26-28-20(18)19-3-6-30(29-19)17-10-15(11-17)21(23)31/h2-9,12,15,17H,10-11H2,1H3,(H2,23,31)(H,26,28)(H,24,25,27). The van der Waals surface area contributed by atoms with Crippen molar-refractivity contribution in [1.29, 1.82) is 0 Å². The van der Waals surface area contributed by atoms with Crippen LogP contribution in [-0.4, -0.2) is 35.9 Å². The minimum absolute atomic E-state index is 0.0489. The minimum Gasteiger partial charge on any atom is -0.369 e. The van der Waals surface area contributed by atoms with Crippen molar-refractivity contribution < 1.29 is 4.79 Å². The molecule has 1 aliphatic carbocycles. The van der Waals surface area contributed by atoms with Gasteiger partial charge in [0.05, 0.1) is 17.9 Å². The molecule has 1 amide bonds. The van der Waals surface area contributed by atoms with E-state index in [0.29, 0.717) is 5.95 Å². The highest BCUT2D eigenvalue weighted by atomic mass is 16.1. The zero-order valence-corrected chi connectivity index (χ0v) is 17.0. The fraction of sp³-hybridized carbons (Fsp3) is 0.227. The summed E-state index contributed by atoms with van der Waals surface area (Å²) in [5.74, 6) is 0.261. The highest BCUT2D eigenvalue weighted by Gasteiger charge is 2.34. The van der Waals surface area contributed by atoms with Crippen molar-refractivity contribution in [1.82, 2.24) is 29.9 Å². The van der Waals surface area contributed by atoms with E-state index in [1.807, 2.05) is 36.0 Å². The number of hydrogen-bond donors (Lipinski definition) is 3. The molecule has 156 valence electrons. The van der Waals surface area contributed by atoms with Gasteiger partial charge in [0, 0.05) is 35.8 Å². The maximum atomic E-state index is 11.3. The van der Waals surface area contributed by atoms with Crippen molar-refractivity contribution in [2.75, 3.05) is 5.32 Å². The van der Waals surface area contributed by atoms with E-state index in [4.69, 9.17) is 10.8 Å². The number of amides is 1. The van der Waals surface area contributed by atoms with Crippen LogP contribution in [-0.2, 0) is 4.79 Å².